The van der Waals surface area contributed by atoms with Crippen molar-refractivity contribution >= 4 is 29.1 Å². The standard InChI is InChI=1S/C20H19FN4O2/c1-3-4-17-12-22-20(27-17)25-18-11-16(8-5-13(18)2)24-19(26)23-15-9-6-14(21)7-10-15/h3,5-12H,1,4H2,2H3,(H,22,25)(H2,23,24,26). The molecule has 0 fully saturated rings. The molecule has 0 radical (unpaired) electrons. The van der Waals surface area contributed by atoms with Gasteiger partial charge in [-0.05, 0) is 48.9 Å². The molecular weight excluding hydrogens is 347 g/mol. The molecule has 0 unspecified atom stereocenters. The van der Waals surface area contributed by atoms with E-state index in [-0.39, 0.29) is 5.82 Å². The molecule has 2 amide bonds. The van der Waals surface area contributed by atoms with Crippen LogP contribution in [0, 0.1) is 12.7 Å². The predicted octanol–water partition coefficient (Wildman–Crippen LogP) is 5.24. The summed E-state index contributed by atoms with van der Waals surface area (Å²) in [5, 5.41) is 8.47. The molecule has 0 aliphatic heterocycles. The molecule has 1 aromatic heterocycles. The number of rotatable bonds is 6. The SMILES string of the molecule is C=CCc1cnc(Nc2cc(NC(=O)Nc3ccc(F)cc3)ccc2C)o1. The number of urea groups is 1. The largest absolute Gasteiger partial charge is 0.428 e. The molecule has 6 nitrogen and oxygen atoms in total. The normalized spacial score (nSPS) is 10.3. The maximum Gasteiger partial charge on any atom is 0.323 e. The number of anilines is 4. The Morgan fingerprint density at radius 2 is 1.89 bits per heavy atom. The Balaban J connectivity index is 1.67. The molecule has 0 bridgehead atoms. The van der Waals surface area contributed by atoms with Gasteiger partial charge in [0.1, 0.15) is 11.6 Å². The molecular formula is C20H19FN4O2. The number of allylic oxidation sites excluding steroid dienone is 1. The molecule has 7 heteroatoms. The van der Waals surface area contributed by atoms with Gasteiger partial charge in [-0.3, -0.25) is 0 Å². The first kappa shape index (κ1) is 18.2. The van der Waals surface area contributed by atoms with Crippen LogP contribution >= 0.6 is 0 Å². The Morgan fingerprint density at radius 3 is 2.63 bits per heavy atom. The molecule has 2 aromatic carbocycles. The molecule has 27 heavy (non-hydrogen) atoms. The molecule has 138 valence electrons. The second-order valence-electron chi connectivity index (χ2n) is 5.87. The molecule has 0 atom stereocenters. The van der Waals surface area contributed by atoms with Crippen LogP contribution in [0.25, 0.3) is 0 Å². The van der Waals surface area contributed by atoms with Crippen molar-refractivity contribution in [3.8, 4) is 0 Å². The summed E-state index contributed by atoms with van der Waals surface area (Å²) in [4.78, 5) is 16.3. The summed E-state index contributed by atoms with van der Waals surface area (Å²) in [7, 11) is 0. The van der Waals surface area contributed by atoms with E-state index in [1.54, 1.807) is 24.4 Å². The van der Waals surface area contributed by atoms with E-state index in [2.05, 4.69) is 27.5 Å². The fourth-order valence-electron chi connectivity index (χ4n) is 2.38. The Hall–Kier alpha value is -3.61. The number of carbonyl (C=O) groups is 1. The van der Waals surface area contributed by atoms with E-state index in [1.807, 2.05) is 13.0 Å². The zero-order valence-corrected chi connectivity index (χ0v) is 14.8. The number of aryl methyl sites for hydroxylation is 1. The van der Waals surface area contributed by atoms with Crippen molar-refractivity contribution in [2.24, 2.45) is 0 Å². The number of hydrogen-bond acceptors (Lipinski definition) is 4. The fourth-order valence-corrected chi connectivity index (χ4v) is 2.38. The molecule has 0 saturated carbocycles. The number of hydrogen-bond donors (Lipinski definition) is 3. The smallest absolute Gasteiger partial charge is 0.323 e. The first-order valence-corrected chi connectivity index (χ1v) is 8.30. The van der Waals surface area contributed by atoms with Gasteiger partial charge in [0.25, 0.3) is 6.01 Å². The zero-order chi connectivity index (χ0) is 19.2. The van der Waals surface area contributed by atoms with Crippen LogP contribution in [-0.2, 0) is 6.42 Å². The molecule has 0 aliphatic carbocycles. The Labute approximate surface area is 156 Å². The van der Waals surface area contributed by atoms with Crippen LogP contribution in [0.5, 0.6) is 0 Å². The van der Waals surface area contributed by atoms with Crippen molar-refractivity contribution in [1.82, 2.24) is 4.98 Å². The van der Waals surface area contributed by atoms with Gasteiger partial charge in [0.05, 0.1) is 6.20 Å². The molecule has 0 aliphatic rings. The summed E-state index contributed by atoms with van der Waals surface area (Å²) in [5.41, 5.74) is 2.79. The number of halogens is 1. The molecule has 3 N–H and O–H groups in total. The first-order valence-electron chi connectivity index (χ1n) is 8.30. The van der Waals surface area contributed by atoms with E-state index in [0.29, 0.717) is 29.6 Å². The van der Waals surface area contributed by atoms with Gasteiger partial charge in [-0.25, -0.2) is 14.2 Å². The van der Waals surface area contributed by atoms with Crippen molar-refractivity contribution in [3.63, 3.8) is 0 Å². The van der Waals surface area contributed by atoms with Crippen molar-refractivity contribution in [2.45, 2.75) is 13.3 Å². The average molecular weight is 366 g/mol. The number of benzene rings is 2. The summed E-state index contributed by atoms with van der Waals surface area (Å²) >= 11 is 0. The molecule has 3 rings (SSSR count). The zero-order valence-electron chi connectivity index (χ0n) is 14.8. The topological polar surface area (TPSA) is 79.2 Å². The number of carbonyl (C=O) groups excluding carboxylic acids is 1. The van der Waals surface area contributed by atoms with Gasteiger partial charge in [0.2, 0.25) is 0 Å². The summed E-state index contributed by atoms with van der Waals surface area (Å²) in [6.07, 6.45) is 3.97. The van der Waals surface area contributed by atoms with E-state index < -0.39 is 6.03 Å². The maximum atomic E-state index is 12.9. The lowest BCUT2D eigenvalue weighted by molar-refractivity contribution is 0.262. The van der Waals surface area contributed by atoms with Gasteiger partial charge in [-0.2, -0.15) is 0 Å². The predicted molar refractivity (Wildman–Crippen MR) is 104 cm³/mol. The number of nitrogens with zero attached hydrogens (tertiary/aromatic N) is 1. The van der Waals surface area contributed by atoms with Crippen LogP contribution in [0.15, 0.2) is 65.7 Å². The molecule has 0 saturated heterocycles. The molecule has 1 heterocycles. The summed E-state index contributed by atoms with van der Waals surface area (Å²) in [6.45, 7) is 5.59. The lowest BCUT2D eigenvalue weighted by Crippen LogP contribution is -2.19. The highest BCUT2D eigenvalue weighted by atomic mass is 19.1. The van der Waals surface area contributed by atoms with E-state index in [9.17, 15) is 9.18 Å². The van der Waals surface area contributed by atoms with Crippen LogP contribution in [-0.4, -0.2) is 11.0 Å². The van der Waals surface area contributed by atoms with Crippen LogP contribution in [0.2, 0.25) is 0 Å². The van der Waals surface area contributed by atoms with Gasteiger partial charge in [-0.1, -0.05) is 12.1 Å². The lowest BCUT2D eigenvalue weighted by Gasteiger charge is -2.11. The number of nitrogens with one attached hydrogen (secondary N) is 3. The number of oxazole rings is 1. The van der Waals surface area contributed by atoms with E-state index in [0.717, 1.165) is 11.3 Å². The van der Waals surface area contributed by atoms with Gasteiger partial charge >= 0.3 is 6.03 Å². The Kier molecular flexibility index (Phi) is 5.51. The lowest BCUT2D eigenvalue weighted by atomic mass is 10.2. The maximum absolute atomic E-state index is 12.9. The highest BCUT2D eigenvalue weighted by Crippen LogP contribution is 2.24. The first-order chi connectivity index (χ1) is 13.0. The fraction of sp³-hybridized carbons (Fsp3) is 0.100. The summed E-state index contributed by atoms with van der Waals surface area (Å²) < 4.78 is 18.5. The van der Waals surface area contributed by atoms with Crippen molar-refractivity contribution in [3.05, 3.63) is 78.5 Å². The van der Waals surface area contributed by atoms with Crippen molar-refractivity contribution < 1.29 is 13.6 Å². The van der Waals surface area contributed by atoms with Crippen molar-refractivity contribution in [2.75, 3.05) is 16.0 Å². The monoisotopic (exact) mass is 366 g/mol. The average Bonchev–Trinajstić information content (AvgIpc) is 3.07. The summed E-state index contributed by atoms with van der Waals surface area (Å²) in [6, 6.07) is 10.9. The molecule has 0 spiro atoms. The number of aromatic nitrogens is 1. The summed E-state index contributed by atoms with van der Waals surface area (Å²) in [5.74, 6) is 0.344. The third kappa shape index (κ3) is 4.94. The Morgan fingerprint density at radius 1 is 1.19 bits per heavy atom. The van der Waals surface area contributed by atoms with E-state index in [1.165, 1.54) is 24.3 Å². The van der Waals surface area contributed by atoms with Crippen LogP contribution in [0.4, 0.5) is 32.3 Å². The second-order valence-corrected chi connectivity index (χ2v) is 5.87. The van der Waals surface area contributed by atoms with Gasteiger partial charge in [-0.15, -0.1) is 6.58 Å². The van der Waals surface area contributed by atoms with Crippen LogP contribution in [0.3, 0.4) is 0 Å². The van der Waals surface area contributed by atoms with Gasteiger partial charge in [0, 0.05) is 23.5 Å². The third-order valence-electron chi connectivity index (χ3n) is 3.74. The highest BCUT2D eigenvalue weighted by Gasteiger charge is 2.08. The minimum absolute atomic E-state index is 0.363. The van der Waals surface area contributed by atoms with Crippen molar-refractivity contribution in [1.29, 1.82) is 0 Å². The minimum atomic E-state index is -0.430. The van der Waals surface area contributed by atoms with E-state index >= 15 is 0 Å². The van der Waals surface area contributed by atoms with Crippen LogP contribution in [0.1, 0.15) is 11.3 Å². The van der Waals surface area contributed by atoms with Gasteiger partial charge in [0.15, 0.2) is 0 Å². The van der Waals surface area contributed by atoms with Gasteiger partial charge < -0.3 is 20.4 Å². The van der Waals surface area contributed by atoms with Crippen LogP contribution < -0.4 is 16.0 Å². The van der Waals surface area contributed by atoms with E-state index in [4.69, 9.17) is 4.42 Å². The Bertz CT molecular complexity index is 951. The minimum Gasteiger partial charge on any atom is -0.428 e. The third-order valence-corrected chi connectivity index (χ3v) is 3.74. The quantitative estimate of drug-likeness (QED) is 0.521. The second kappa shape index (κ2) is 8.18. The molecule has 3 aromatic rings. The highest BCUT2D eigenvalue weighted by molar-refractivity contribution is 6.00. The number of amides is 2.